The molecule has 3 unspecified atom stereocenters. The molecule has 32 heavy (non-hydrogen) atoms. The van der Waals surface area contributed by atoms with Gasteiger partial charge in [0.25, 0.3) is 0 Å². The van der Waals surface area contributed by atoms with Crippen LogP contribution in [0.1, 0.15) is 49.9 Å². The Balaban J connectivity index is 1.87. The zero-order chi connectivity index (χ0) is 23.2. The van der Waals surface area contributed by atoms with Gasteiger partial charge in [0.2, 0.25) is 0 Å². The molecule has 0 radical (unpaired) electrons. The van der Waals surface area contributed by atoms with Gasteiger partial charge >= 0.3 is 0 Å². The van der Waals surface area contributed by atoms with Crippen LogP contribution in [-0.2, 0) is 6.42 Å². The summed E-state index contributed by atoms with van der Waals surface area (Å²) in [6.07, 6.45) is 0.886. The van der Waals surface area contributed by atoms with E-state index < -0.39 is 30.0 Å². The molecule has 2 aromatic carbocycles. The molecule has 3 nitrogen and oxygen atoms in total. The molecule has 2 N–H and O–H groups in total. The van der Waals surface area contributed by atoms with Crippen LogP contribution in [-0.4, -0.2) is 41.4 Å². The quantitative estimate of drug-likeness (QED) is 0.581. The first kappa shape index (κ1) is 22.8. The van der Waals surface area contributed by atoms with E-state index in [9.17, 15) is 13.9 Å². The van der Waals surface area contributed by atoms with Gasteiger partial charge in [0.05, 0.1) is 12.6 Å². The van der Waals surface area contributed by atoms with Crippen molar-refractivity contribution in [1.29, 1.82) is 0 Å². The standard InChI is InChI=1S/C25H28F4N2O/c1-4-30-17-10-21(27)23(22(28)11-17)24-20-9-15-8-16(26)5-6-18(15)19(20)7-14(2)31(24)12-25(3,29)13-32/h5-6,8,10-11,14,24,30,32H,4,7,9,12-13H2,1-3H3. The van der Waals surface area contributed by atoms with Crippen LogP contribution in [0.15, 0.2) is 35.9 Å². The number of alkyl halides is 1. The highest BCUT2D eigenvalue weighted by atomic mass is 19.1. The molecule has 0 aromatic heterocycles. The molecular weight excluding hydrogens is 420 g/mol. The zero-order valence-corrected chi connectivity index (χ0v) is 18.5. The minimum absolute atomic E-state index is 0.146. The molecule has 2 aliphatic rings. The summed E-state index contributed by atoms with van der Waals surface area (Å²) in [5.41, 5.74) is 1.58. The molecule has 1 heterocycles. The van der Waals surface area contributed by atoms with Crippen LogP contribution < -0.4 is 5.32 Å². The second-order valence-corrected chi connectivity index (χ2v) is 9.07. The molecule has 1 aliphatic carbocycles. The Labute approximate surface area is 185 Å². The third-order valence-corrected chi connectivity index (χ3v) is 6.46. The van der Waals surface area contributed by atoms with Gasteiger partial charge in [0.15, 0.2) is 0 Å². The first-order valence-electron chi connectivity index (χ1n) is 10.9. The molecule has 172 valence electrons. The molecule has 0 amide bonds. The van der Waals surface area contributed by atoms with Gasteiger partial charge in [-0.1, -0.05) is 6.07 Å². The summed E-state index contributed by atoms with van der Waals surface area (Å²) in [6, 6.07) is 5.95. The Morgan fingerprint density at radius 3 is 2.47 bits per heavy atom. The minimum atomic E-state index is -1.95. The van der Waals surface area contributed by atoms with Gasteiger partial charge in [-0.15, -0.1) is 0 Å². The molecule has 0 saturated carbocycles. The average molecular weight is 449 g/mol. The van der Waals surface area contributed by atoms with Crippen LogP contribution in [0.25, 0.3) is 5.57 Å². The van der Waals surface area contributed by atoms with Crippen molar-refractivity contribution < 1.29 is 22.7 Å². The summed E-state index contributed by atoms with van der Waals surface area (Å²) in [6.45, 7) is 4.61. The molecule has 0 saturated heterocycles. The lowest BCUT2D eigenvalue weighted by Gasteiger charge is -2.44. The predicted molar refractivity (Wildman–Crippen MR) is 118 cm³/mol. The molecular formula is C25H28F4N2O. The summed E-state index contributed by atoms with van der Waals surface area (Å²) >= 11 is 0. The van der Waals surface area contributed by atoms with Crippen LogP contribution >= 0.6 is 0 Å². The number of hydrogen-bond acceptors (Lipinski definition) is 3. The maximum absolute atomic E-state index is 15.4. The Bertz CT molecular complexity index is 1040. The normalized spacial score (nSPS) is 22.5. The first-order valence-corrected chi connectivity index (χ1v) is 10.9. The van der Waals surface area contributed by atoms with Crippen molar-refractivity contribution in [2.45, 2.75) is 51.4 Å². The lowest BCUT2D eigenvalue weighted by Crippen LogP contribution is -2.49. The number of hydrogen-bond donors (Lipinski definition) is 2. The monoisotopic (exact) mass is 448 g/mol. The Morgan fingerprint density at radius 2 is 1.84 bits per heavy atom. The van der Waals surface area contributed by atoms with E-state index in [1.54, 1.807) is 11.0 Å². The van der Waals surface area contributed by atoms with E-state index in [4.69, 9.17) is 0 Å². The van der Waals surface area contributed by atoms with Gasteiger partial charge < -0.3 is 10.4 Å². The maximum atomic E-state index is 15.4. The van der Waals surface area contributed by atoms with Crippen LogP contribution in [0, 0.1) is 17.5 Å². The van der Waals surface area contributed by atoms with E-state index >= 15 is 8.78 Å². The van der Waals surface area contributed by atoms with E-state index in [0.29, 0.717) is 25.1 Å². The topological polar surface area (TPSA) is 35.5 Å². The molecule has 0 fully saturated rings. The SMILES string of the molecule is CCNc1cc(F)c(C2C3=C(CC(C)N2CC(C)(F)CO)c2ccc(F)cc2C3)c(F)c1. The number of anilines is 1. The van der Waals surface area contributed by atoms with Crippen LogP contribution in [0.5, 0.6) is 0 Å². The molecule has 0 bridgehead atoms. The zero-order valence-electron chi connectivity index (χ0n) is 18.5. The Morgan fingerprint density at radius 1 is 1.16 bits per heavy atom. The van der Waals surface area contributed by atoms with Crippen molar-refractivity contribution >= 4 is 11.3 Å². The molecule has 3 atom stereocenters. The molecule has 7 heteroatoms. The minimum Gasteiger partial charge on any atom is -0.393 e. The van der Waals surface area contributed by atoms with Crippen molar-refractivity contribution in [3.63, 3.8) is 0 Å². The maximum Gasteiger partial charge on any atom is 0.143 e. The summed E-state index contributed by atoms with van der Waals surface area (Å²) < 4.78 is 59.5. The van der Waals surface area contributed by atoms with E-state index in [2.05, 4.69) is 5.32 Å². The summed E-state index contributed by atoms with van der Waals surface area (Å²) in [7, 11) is 0. The number of halogens is 4. The van der Waals surface area contributed by atoms with E-state index in [-0.39, 0.29) is 24.0 Å². The number of benzene rings is 2. The first-order chi connectivity index (χ1) is 15.1. The van der Waals surface area contributed by atoms with E-state index in [1.807, 2.05) is 13.8 Å². The van der Waals surface area contributed by atoms with Crippen molar-refractivity contribution in [1.82, 2.24) is 4.90 Å². The van der Waals surface area contributed by atoms with Crippen LogP contribution in [0.4, 0.5) is 23.2 Å². The molecule has 2 aromatic rings. The van der Waals surface area contributed by atoms with Gasteiger partial charge in [-0.2, -0.15) is 0 Å². The molecule has 0 spiro atoms. The molecule has 1 aliphatic heterocycles. The van der Waals surface area contributed by atoms with Gasteiger partial charge in [-0.3, -0.25) is 4.90 Å². The third kappa shape index (κ3) is 4.04. The number of aliphatic hydroxyl groups is 1. The largest absolute Gasteiger partial charge is 0.393 e. The van der Waals surface area contributed by atoms with Crippen molar-refractivity contribution in [3.05, 3.63) is 70.0 Å². The number of fused-ring (bicyclic) bond motifs is 2. The van der Waals surface area contributed by atoms with Crippen molar-refractivity contribution in [3.8, 4) is 0 Å². The predicted octanol–water partition coefficient (Wildman–Crippen LogP) is 5.40. The summed E-state index contributed by atoms with van der Waals surface area (Å²) in [5, 5.41) is 12.4. The second kappa shape index (κ2) is 8.52. The fourth-order valence-electron chi connectivity index (χ4n) is 5.03. The van der Waals surface area contributed by atoms with Gasteiger partial charge in [0.1, 0.15) is 23.1 Å². The number of rotatable bonds is 6. The van der Waals surface area contributed by atoms with Gasteiger partial charge in [0, 0.05) is 30.4 Å². The average Bonchev–Trinajstić information content (AvgIpc) is 3.06. The highest BCUT2D eigenvalue weighted by Crippen LogP contribution is 2.50. The third-order valence-electron chi connectivity index (χ3n) is 6.46. The number of nitrogens with one attached hydrogen (secondary N) is 1. The van der Waals surface area contributed by atoms with E-state index in [1.165, 1.54) is 31.2 Å². The van der Waals surface area contributed by atoms with E-state index in [0.717, 1.165) is 22.3 Å². The summed E-state index contributed by atoms with van der Waals surface area (Å²) in [4.78, 5) is 1.73. The molecule has 4 rings (SSSR count). The fraction of sp³-hybridized carbons (Fsp3) is 0.440. The fourth-order valence-corrected chi connectivity index (χ4v) is 5.03. The van der Waals surface area contributed by atoms with Crippen molar-refractivity contribution in [2.24, 2.45) is 0 Å². The van der Waals surface area contributed by atoms with Gasteiger partial charge in [-0.05, 0) is 80.2 Å². The lowest BCUT2D eigenvalue weighted by molar-refractivity contribution is 0.0181. The smallest absolute Gasteiger partial charge is 0.143 e. The second-order valence-electron chi connectivity index (χ2n) is 9.07. The Kier molecular flexibility index (Phi) is 6.07. The van der Waals surface area contributed by atoms with Crippen molar-refractivity contribution in [2.75, 3.05) is 25.0 Å². The number of nitrogens with zero attached hydrogens (tertiary/aromatic N) is 1. The van der Waals surface area contributed by atoms with Crippen LogP contribution in [0.3, 0.4) is 0 Å². The summed E-state index contributed by atoms with van der Waals surface area (Å²) in [5.74, 6) is -1.80. The highest BCUT2D eigenvalue weighted by Gasteiger charge is 2.43. The highest BCUT2D eigenvalue weighted by molar-refractivity contribution is 5.79. The Hall–Kier alpha value is -2.38. The number of aliphatic hydroxyl groups excluding tert-OH is 1. The lowest BCUT2D eigenvalue weighted by atomic mass is 9.84. The van der Waals surface area contributed by atoms with Gasteiger partial charge in [-0.25, -0.2) is 17.6 Å². The van der Waals surface area contributed by atoms with Crippen LogP contribution in [0.2, 0.25) is 0 Å².